The second-order valence-electron chi connectivity index (χ2n) is 3.22. The molecular formula is C8H13NO4S. The van der Waals surface area contributed by atoms with E-state index in [2.05, 4.69) is 0 Å². The van der Waals surface area contributed by atoms with Crippen LogP contribution in [0.1, 0.15) is 32.6 Å². The van der Waals surface area contributed by atoms with Crippen LogP contribution < -0.4 is 0 Å². The molecule has 0 bridgehead atoms. The van der Waals surface area contributed by atoms with Gasteiger partial charge in [0.05, 0.1) is 5.75 Å². The van der Waals surface area contributed by atoms with Crippen LogP contribution in [0.15, 0.2) is 0 Å². The van der Waals surface area contributed by atoms with Crippen molar-refractivity contribution >= 4 is 21.8 Å². The van der Waals surface area contributed by atoms with Gasteiger partial charge < -0.3 is 0 Å². The Bertz CT molecular complexity index is 330. The van der Waals surface area contributed by atoms with Gasteiger partial charge in [0.1, 0.15) is 0 Å². The maximum Gasteiger partial charge on any atom is 0.243 e. The van der Waals surface area contributed by atoms with Gasteiger partial charge in [-0.05, 0) is 12.8 Å². The van der Waals surface area contributed by atoms with E-state index in [1.54, 1.807) is 6.92 Å². The smallest absolute Gasteiger partial charge is 0.243 e. The van der Waals surface area contributed by atoms with Crippen molar-refractivity contribution in [2.45, 2.75) is 32.6 Å². The van der Waals surface area contributed by atoms with E-state index >= 15 is 0 Å². The molecule has 0 aromatic heterocycles. The predicted octanol–water partition coefficient (Wildman–Crippen LogP) is 0.265. The molecule has 1 saturated heterocycles. The topological polar surface area (TPSA) is 71.5 Å². The van der Waals surface area contributed by atoms with Crippen molar-refractivity contribution in [2.75, 3.05) is 5.75 Å². The Balaban J connectivity index is 2.93. The average Bonchev–Trinajstić information content (AvgIpc) is 2.02. The van der Waals surface area contributed by atoms with Crippen LogP contribution >= 0.6 is 0 Å². The molecule has 14 heavy (non-hydrogen) atoms. The lowest BCUT2D eigenvalue weighted by molar-refractivity contribution is -0.141. The standard InChI is InChI=1S/C8H13NO4S/c1-2-6-14(12,13)9-7(10)4-3-5-8(9)11/h2-6H2,1H3. The number of carbonyl (C=O) groups is 2. The van der Waals surface area contributed by atoms with Gasteiger partial charge in [0.15, 0.2) is 0 Å². The van der Waals surface area contributed by atoms with Gasteiger partial charge in [-0.3, -0.25) is 9.59 Å². The first-order valence-electron chi connectivity index (χ1n) is 4.57. The van der Waals surface area contributed by atoms with E-state index in [1.807, 2.05) is 0 Å². The number of hydrogen-bond acceptors (Lipinski definition) is 4. The molecule has 0 aliphatic carbocycles. The Kier molecular flexibility index (Phi) is 3.25. The summed E-state index contributed by atoms with van der Waals surface area (Å²) >= 11 is 0. The van der Waals surface area contributed by atoms with E-state index in [1.165, 1.54) is 0 Å². The second kappa shape index (κ2) is 4.08. The Hall–Kier alpha value is -0.910. The SMILES string of the molecule is CCCS(=O)(=O)N1C(=O)CCCC1=O. The molecule has 0 atom stereocenters. The number of nitrogens with zero attached hydrogens (tertiary/aromatic N) is 1. The molecule has 80 valence electrons. The largest absolute Gasteiger partial charge is 0.273 e. The number of rotatable bonds is 3. The average molecular weight is 219 g/mol. The lowest BCUT2D eigenvalue weighted by atomic mass is 10.1. The summed E-state index contributed by atoms with van der Waals surface area (Å²) in [6.45, 7) is 1.69. The fraction of sp³-hybridized carbons (Fsp3) is 0.750. The Labute approximate surface area is 83.1 Å². The van der Waals surface area contributed by atoms with Crippen LogP contribution in [0.2, 0.25) is 0 Å². The molecule has 2 amide bonds. The zero-order chi connectivity index (χ0) is 10.8. The first kappa shape index (κ1) is 11.2. The van der Waals surface area contributed by atoms with Crippen LogP contribution in [0.5, 0.6) is 0 Å². The van der Waals surface area contributed by atoms with Crippen molar-refractivity contribution < 1.29 is 18.0 Å². The number of carbonyl (C=O) groups excluding carboxylic acids is 2. The highest BCUT2D eigenvalue weighted by Gasteiger charge is 2.35. The first-order valence-corrected chi connectivity index (χ1v) is 6.18. The minimum absolute atomic E-state index is 0.148. The van der Waals surface area contributed by atoms with Crippen LogP contribution in [0, 0.1) is 0 Å². The van der Waals surface area contributed by atoms with E-state index < -0.39 is 21.8 Å². The maximum absolute atomic E-state index is 11.5. The van der Waals surface area contributed by atoms with Crippen molar-refractivity contribution in [3.63, 3.8) is 0 Å². The van der Waals surface area contributed by atoms with Crippen LogP contribution in [-0.2, 0) is 19.6 Å². The van der Waals surface area contributed by atoms with Crippen LogP contribution in [-0.4, -0.2) is 30.3 Å². The van der Waals surface area contributed by atoms with Gasteiger partial charge in [0.2, 0.25) is 21.8 Å². The maximum atomic E-state index is 11.5. The van der Waals surface area contributed by atoms with Crippen LogP contribution in [0.3, 0.4) is 0 Å². The lowest BCUT2D eigenvalue weighted by Crippen LogP contribution is -2.45. The molecule has 6 heteroatoms. The van der Waals surface area contributed by atoms with E-state index in [9.17, 15) is 18.0 Å². The van der Waals surface area contributed by atoms with Crippen molar-refractivity contribution in [1.29, 1.82) is 0 Å². The van der Waals surface area contributed by atoms with Crippen molar-refractivity contribution in [3.05, 3.63) is 0 Å². The van der Waals surface area contributed by atoms with Crippen LogP contribution in [0.25, 0.3) is 0 Å². The van der Waals surface area contributed by atoms with Gasteiger partial charge in [-0.15, -0.1) is 0 Å². The molecule has 1 aliphatic heterocycles. The van der Waals surface area contributed by atoms with Gasteiger partial charge in [-0.1, -0.05) is 6.92 Å². The first-order chi connectivity index (χ1) is 6.49. The molecule has 5 nitrogen and oxygen atoms in total. The minimum atomic E-state index is -3.70. The zero-order valence-electron chi connectivity index (χ0n) is 8.02. The quantitative estimate of drug-likeness (QED) is 0.638. The normalized spacial score (nSPS) is 18.8. The molecule has 0 saturated carbocycles. The lowest BCUT2D eigenvalue weighted by Gasteiger charge is -2.23. The second-order valence-corrected chi connectivity index (χ2v) is 5.16. The highest BCUT2D eigenvalue weighted by Crippen LogP contribution is 2.16. The molecule has 0 aromatic carbocycles. The van der Waals surface area contributed by atoms with E-state index in [0.717, 1.165) is 0 Å². The van der Waals surface area contributed by atoms with Gasteiger partial charge in [-0.2, -0.15) is 4.31 Å². The molecule has 0 radical (unpaired) electrons. The monoisotopic (exact) mass is 219 g/mol. The number of imide groups is 1. The molecule has 1 fully saturated rings. The molecule has 0 spiro atoms. The van der Waals surface area contributed by atoms with Gasteiger partial charge in [-0.25, -0.2) is 8.42 Å². The summed E-state index contributed by atoms with van der Waals surface area (Å²) in [4.78, 5) is 22.5. The molecule has 0 unspecified atom stereocenters. The summed E-state index contributed by atoms with van der Waals surface area (Å²) in [6.07, 6.45) is 1.15. The van der Waals surface area contributed by atoms with Crippen molar-refractivity contribution in [1.82, 2.24) is 4.31 Å². The van der Waals surface area contributed by atoms with E-state index in [4.69, 9.17) is 0 Å². The molecule has 1 heterocycles. The number of sulfonamides is 1. The highest BCUT2D eigenvalue weighted by molar-refractivity contribution is 7.90. The summed E-state index contributed by atoms with van der Waals surface area (Å²) < 4.78 is 23.4. The predicted molar refractivity (Wildman–Crippen MR) is 49.8 cm³/mol. The molecular weight excluding hydrogens is 206 g/mol. The molecule has 1 aliphatic rings. The summed E-state index contributed by atoms with van der Waals surface area (Å²) in [6, 6.07) is 0. The minimum Gasteiger partial charge on any atom is -0.273 e. The van der Waals surface area contributed by atoms with Crippen molar-refractivity contribution in [3.8, 4) is 0 Å². The number of hydrogen-bond donors (Lipinski definition) is 0. The van der Waals surface area contributed by atoms with E-state index in [0.29, 0.717) is 17.1 Å². The fourth-order valence-electron chi connectivity index (χ4n) is 1.39. The summed E-state index contributed by atoms with van der Waals surface area (Å²) in [5.41, 5.74) is 0. The van der Waals surface area contributed by atoms with Gasteiger partial charge in [0.25, 0.3) is 0 Å². The third-order valence-electron chi connectivity index (χ3n) is 1.97. The van der Waals surface area contributed by atoms with Gasteiger partial charge >= 0.3 is 0 Å². The summed E-state index contributed by atoms with van der Waals surface area (Å²) in [7, 11) is -3.70. The molecule has 0 aromatic rings. The summed E-state index contributed by atoms with van der Waals surface area (Å²) in [5.74, 6) is -1.32. The Morgan fingerprint density at radius 2 is 1.71 bits per heavy atom. The number of amides is 2. The van der Waals surface area contributed by atoms with E-state index in [-0.39, 0.29) is 18.6 Å². The third kappa shape index (κ3) is 2.12. The zero-order valence-corrected chi connectivity index (χ0v) is 8.84. The molecule has 0 N–H and O–H groups in total. The Morgan fingerprint density at radius 3 is 2.14 bits per heavy atom. The third-order valence-corrected chi connectivity index (χ3v) is 3.86. The van der Waals surface area contributed by atoms with Gasteiger partial charge in [0, 0.05) is 12.8 Å². The van der Waals surface area contributed by atoms with Crippen molar-refractivity contribution in [2.24, 2.45) is 0 Å². The summed E-state index contributed by atoms with van der Waals surface area (Å²) in [5, 5.41) is 0. The number of piperidine rings is 1. The fourth-order valence-corrected chi connectivity index (χ4v) is 2.89. The Morgan fingerprint density at radius 1 is 1.21 bits per heavy atom. The van der Waals surface area contributed by atoms with Crippen LogP contribution in [0.4, 0.5) is 0 Å². The molecule has 1 rings (SSSR count). The highest BCUT2D eigenvalue weighted by atomic mass is 32.2.